The van der Waals surface area contributed by atoms with Crippen molar-refractivity contribution in [1.29, 1.82) is 0 Å². The lowest BCUT2D eigenvalue weighted by atomic mass is 9.95. The van der Waals surface area contributed by atoms with E-state index in [0.29, 0.717) is 44.5 Å². The largest absolute Gasteiger partial charge is 0.496 e. The molecular weight excluding hydrogens is 594 g/mol. The van der Waals surface area contributed by atoms with Crippen LogP contribution < -0.4 is 24.5 Å². The van der Waals surface area contributed by atoms with E-state index in [-0.39, 0.29) is 22.6 Å². The van der Waals surface area contributed by atoms with Gasteiger partial charge in [0.1, 0.15) is 16.3 Å². The first kappa shape index (κ1) is 26.4. The lowest BCUT2D eigenvalue weighted by molar-refractivity contribution is -0.139. The Morgan fingerprint density at radius 1 is 1.18 bits per heavy atom. The second-order valence-corrected chi connectivity index (χ2v) is 10.9. The van der Waals surface area contributed by atoms with Gasteiger partial charge in [0, 0.05) is 27.2 Å². The molecule has 0 radical (unpaired) electrons. The van der Waals surface area contributed by atoms with E-state index < -0.39 is 17.6 Å². The Bertz CT molecular complexity index is 1720. The molecule has 2 aromatic carbocycles. The zero-order valence-corrected chi connectivity index (χ0v) is 24.2. The van der Waals surface area contributed by atoms with E-state index in [9.17, 15) is 14.4 Å². The molecule has 11 heteroatoms. The van der Waals surface area contributed by atoms with Crippen molar-refractivity contribution < 1.29 is 19.1 Å². The number of hydrogen-bond acceptors (Lipinski definition) is 7. The molecule has 0 spiro atoms. The fraction of sp³-hybridized carbons (Fsp3) is 0.259. The minimum atomic E-state index is -0.922. The number of esters is 1. The summed E-state index contributed by atoms with van der Waals surface area (Å²) in [7, 11) is 1.50. The van der Waals surface area contributed by atoms with Crippen molar-refractivity contribution in [3.8, 4) is 5.75 Å². The van der Waals surface area contributed by atoms with E-state index in [2.05, 4.69) is 20.9 Å². The quantitative estimate of drug-likeness (QED) is 0.405. The number of benzene rings is 2. The van der Waals surface area contributed by atoms with Crippen LogP contribution in [0.4, 0.5) is 5.69 Å². The zero-order valence-electron chi connectivity index (χ0n) is 21.0. The van der Waals surface area contributed by atoms with Crippen LogP contribution in [0.5, 0.6) is 5.75 Å². The summed E-state index contributed by atoms with van der Waals surface area (Å²) in [5.41, 5.74) is 2.38. The number of hydrogen-bond donors (Lipinski definition) is 0. The fourth-order valence-electron chi connectivity index (χ4n) is 4.89. The average molecular weight is 617 g/mol. The second-order valence-electron chi connectivity index (χ2n) is 8.59. The highest BCUT2D eigenvalue weighted by Gasteiger charge is 2.38. The summed E-state index contributed by atoms with van der Waals surface area (Å²) in [6.07, 6.45) is 0. The number of anilines is 1. The van der Waals surface area contributed by atoms with Crippen LogP contribution >= 0.6 is 38.9 Å². The van der Waals surface area contributed by atoms with Gasteiger partial charge in [0.15, 0.2) is 4.80 Å². The maximum atomic E-state index is 14.2. The second kappa shape index (κ2) is 10.2. The van der Waals surface area contributed by atoms with Crippen molar-refractivity contribution in [1.82, 2.24) is 4.57 Å². The summed E-state index contributed by atoms with van der Waals surface area (Å²) >= 11 is 11.0. The number of methoxy groups -OCH3 is 1. The third-order valence-electron chi connectivity index (χ3n) is 6.50. The molecule has 2 aliphatic rings. The van der Waals surface area contributed by atoms with E-state index in [4.69, 9.17) is 21.1 Å². The number of allylic oxidation sites excluding steroid dienone is 1. The number of rotatable bonds is 5. The summed E-state index contributed by atoms with van der Waals surface area (Å²) in [5, 5.41) is 0.409. The van der Waals surface area contributed by atoms with E-state index >= 15 is 0 Å². The first-order chi connectivity index (χ1) is 18.2. The summed E-state index contributed by atoms with van der Waals surface area (Å²) in [6, 6.07) is 9.64. The molecule has 1 amide bonds. The Kier molecular flexibility index (Phi) is 7.06. The number of halogens is 2. The number of nitrogens with zero attached hydrogens (tertiary/aromatic N) is 3. The number of amides is 1. The van der Waals surface area contributed by atoms with Crippen molar-refractivity contribution in [3.05, 3.63) is 88.0 Å². The summed E-state index contributed by atoms with van der Waals surface area (Å²) in [5.74, 6) is -0.413. The molecule has 3 heterocycles. The Hall–Kier alpha value is -3.21. The molecule has 0 N–H and O–H groups in total. The van der Waals surface area contributed by atoms with Gasteiger partial charge in [-0.3, -0.25) is 14.2 Å². The highest BCUT2D eigenvalue weighted by molar-refractivity contribution is 9.10. The maximum Gasteiger partial charge on any atom is 0.338 e. The smallest absolute Gasteiger partial charge is 0.338 e. The van der Waals surface area contributed by atoms with Crippen molar-refractivity contribution >= 4 is 62.0 Å². The van der Waals surface area contributed by atoms with E-state index in [1.165, 1.54) is 11.7 Å². The third kappa shape index (κ3) is 4.11. The van der Waals surface area contributed by atoms with Crippen LogP contribution in [0.25, 0.3) is 5.57 Å². The number of aromatic nitrogens is 1. The van der Waals surface area contributed by atoms with Gasteiger partial charge in [0.2, 0.25) is 0 Å². The number of thiazole rings is 1. The molecule has 0 saturated heterocycles. The molecule has 1 atom stereocenters. The van der Waals surface area contributed by atoms with E-state index in [0.717, 1.165) is 21.5 Å². The van der Waals surface area contributed by atoms with Crippen LogP contribution in [0.15, 0.2) is 61.9 Å². The molecule has 0 fully saturated rings. The summed E-state index contributed by atoms with van der Waals surface area (Å²) in [4.78, 5) is 47.6. The lowest BCUT2D eigenvalue weighted by Crippen LogP contribution is -2.41. The fourth-order valence-corrected chi connectivity index (χ4v) is 6.57. The number of carbonyl (C=O) groups excluding carboxylic acids is 2. The molecule has 1 aromatic heterocycles. The van der Waals surface area contributed by atoms with E-state index in [1.807, 2.05) is 25.1 Å². The number of ether oxygens (including phenoxy) is 2. The third-order valence-corrected chi connectivity index (χ3v) is 8.28. The number of fused-ring (bicyclic) bond motifs is 2. The van der Waals surface area contributed by atoms with Crippen LogP contribution in [0.1, 0.15) is 37.9 Å². The van der Waals surface area contributed by atoms with Crippen LogP contribution in [-0.4, -0.2) is 36.7 Å². The Morgan fingerprint density at radius 2 is 1.95 bits per heavy atom. The Balaban J connectivity index is 1.87. The predicted octanol–water partition coefficient (Wildman–Crippen LogP) is 3.96. The monoisotopic (exact) mass is 615 g/mol. The molecular formula is C27H23BrClN3O5S. The minimum Gasteiger partial charge on any atom is -0.496 e. The van der Waals surface area contributed by atoms with E-state index in [1.54, 1.807) is 36.9 Å². The van der Waals surface area contributed by atoms with Gasteiger partial charge in [0.05, 0.1) is 36.2 Å². The van der Waals surface area contributed by atoms with Gasteiger partial charge in [-0.25, -0.2) is 9.79 Å². The number of likely N-dealkylation sites (N-methyl/N-ethyl adjacent to an activating group) is 1. The molecule has 0 saturated carbocycles. The van der Waals surface area contributed by atoms with Gasteiger partial charge in [-0.2, -0.15) is 0 Å². The topological polar surface area (TPSA) is 90.2 Å². The minimum absolute atomic E-state index is 0.149. The van der Waals surface area contributed by atoms with Crippen LogP contribution in [0, 0.1) is 0 Å². The first-order valence-electron chi connectivity index (χ1n) is 11.9. The molecule has 0 bridgehead atoms. The molecule has 196 valence electrons. The van der Waals surface area contributed by atoms with Crippen molar-refractivity contribution in [2.75, 3.05) is 25.2 Å². The Labute approximate surface area is 235 Å². The average Bonchev–Trinajstić information content (AvgIpc) is 3.34. The van der Waals surface area contributed by atoms with Crippen LogP contribution in [0.3, 0.4) is 0 Å². The molecule has 0 unspecified atom stereocenters. The van der Waals surface area contributed by atoms with Gasteiger partial charge in [-0.05, 0) is 57.2 Å². The standard InChI is InChI=1S/C27H23BrClN3O5S/c1-5-31-18-9-7-14(28)11-16(18)21(24(31)33)23-25(34)32-22(17-12-15(29)8-10-19(17)36-4)20(26(35)37-6-2)13(3)30-27(32)38-23/h7-12,22H,5-6H2,1-4H3/b23-21-/t22-/m1/s1. The molecule has 2 aliphatic heterocycles. The highest BCUT2D eigenvalue weighted by atomic mass is 79.9. The molecule has 3 aromatic rings. The van der Waals surface area contributed by atoms with Crippen LogP contribution in [-0.2, 0) is 14.3 Å². The molecule has 38 heavy (non-hydrogen) atoms. The van der Waals surface area contributed by atoms with Gasteiger partial charge in [-0.1, -0.05) is 38.9 Å². The van der Waals surface area contributed by atoms with Crippen molar-refractivity contribution in [2.45, 2.75) is 26.8 Å². The lowest BCUT2D eigenvalue weighted by Gasteiger charge is -2.26. The zero-order chi connectivity index (χ0) is 27.3. The van der Waals surface area contributed by atoms with Crippen LogP contribution in [0.2, 0.25) is 5.02 Å². The Morgan fingerprint density at radius 3 is 2.63 bits per heavy atom. The molecule has 5 rings (SSSR count). The van der Waals surface area contributed by atoms with Gasteiger partial charge in [0.25, 0.3) is 11.5 Å². The van der Waals surface area contributed by atoms with Crippen molar-refractivity contribution in [2.24, 2.45) is 4.99 Å². The normalized spacial score (nSPS) is 17.8. The number of carbonyl (C=O) groups is 2. The predicted molar refractivity (Wildman–Crippen MR) is 150 cm³/mol. The highest BCUT2D eigenvalue weighted by Crippen LogP contribution is 2.39. The SMILES string of the molecule is CCOC(=O)C1=C(C)N=c2s/c(=C3\C(=O)N(CC)c4ccc(Br)cc43)c(=O)n2[C@@H]1c1cc(Cl)ccc1OC. The molecule has 8 nitrogen and oxygen atoms in total. The first-order valence-corrected chi connectivity index (χ1v) is 13.9. The van der Waals surface area contributed by atoms with Gasteiger partial charge >= 0.3 is 5.97 Å². The van der Waals surface area contributed by atoms with Crippen molar-refractivity contribution in [3.63, 3.8) is 0 Å². The van der Waals surface area contributed by atoms with Gasteiger partial charge in [-0.15, -0.1) is 0 Å². The van der Waals surface area contributed by atoms with Gasteiger partial charge < -0.3 is 14.4 Å². The molecule has 0 aliphatic carbocycles. The maximum absolute atomic E-state index is 14.2. The summed E-state index contributed by atoms with van der Waals surface area (Å²) < 4.78 is 13.4. The summed E-state index contributed by atoms with van der Waals surface area (Å²) in [6.45, 7) is 5.89.